The summed E-state index contributed by atoms with van der Waals surface area (Å²) in [5, 5.41) is 18.9. The molecule has 0 aliphatic carbocycles. The highest BCUT2D eigenvalue weighted by molar-refractivity contribution is 7.60. The van der Waals surface area contributed by atoms with Crippen LogP contribution in [0.1, 0.15) is 181 Å². The van der Waals surface area contributed by atoms with Crippen LogP contribution in [0.15, 0.2) is 0 Å². The molecule has 0 aromatic rings. The van der Waals surface area contributed by atoms with Crippen LogP contribution in [0, 0.1) is 28.1 Å². The van der Waals surface area contributed by atoms with E-state index in [4.69, 9.17) is 28.7 Å². The van der Waals surface area contributed by atoms with Crippen LogP contribution < -0.4 is 65.9 Å². The molecular formula is C52H114N12O11S7. The highest BCUT2D eigenvalue weighted by Gasteiger charge is 2.29. The van der Waals surface area contributed by atoms with E-state index >= 15 is 0 Å². The molecular weight excluding hydrogens is 1190 g/mol. The van der Waals surface area contributed by atoms with Crippen molar-refractivity contribution >= 4 is 159 Å². The summed E-state index contributed by atoms with van der Waals surface area (Å²) >= 11 is 0. The zero-order valence-corrected chi connectivity index (χ0v) is 58.6. The third kappa shape index (κ3) is 51.2. The number of nitrogens with two attached hydrogens (primary N) is 5. The maximum absolute atomic E-state index is 12.8. The molecule has 82 heavy (non-hydrogen) atoms. The van der Waals surface area contributed by atoms with Gasteiger partial charge < -0.3 is 65.9 Å². The molecule has 23 nitrogen and oxygen atoms in total. The smallest absolute Gasteiger partial charge is 0.240 e. The third-order valence-electron chi connectivity index (χ3n) is 11.2. The van der Waals surface area contributed by atoms with Crippen LogP contribution in [0.5, 0.6) is 0 Å². The van der Waals surface area contributed by atoms with Gasteiger partial charge in [0.15, 0.2) is 5.78 Å². The Hall–Kier alpha value is -3.26. The van der Waals surface area contributed by atoms with Gasteiger partial charge >= 0.3 is 0 Å². The number of hydrogen-bond acceptors (Lipinski definition) is 13. The van der Waals surface area contributed by atoms with Crippen molar-refractivity contribution in [1.82, 2.24) is 37.2 Å². The fourth-order valence-electron chi connectivity index (χ4n) is 6.17. The number of hydrogen-bond donors (Lipinski definition) is 12. The molecule has 0 radical (unpaired) electrons. The van der Waals surface area contributed by atoms with E-state index in [1.54, 1.807) is 13.8 Å². The molecule has 0 fully saturated rings. The number of Topliss-reactive ketones (excluding diaryl/α,β-unsaturated/α-hetero) is 1. The monoisotopic (exact) mass is 1310 g/mol. The second-order valence-electron chi connectivity index (χ2n) is 22.6. The van der Waals surface area contributed by atoms with Crippen molar-refractivity contribution in [3.63, 3.8) is 0 Å². The lowest BCUT2D eigenvalue weighted by Gasteiger charge is -2.23. The number of nitrogens with one attached hydrogen (secondary N) is 7. The van der Waals surface area contributed by atoms with E-state index in [9.17, 15) is 52.7 Å². The lowest BCUT2D eigenvalue weighted by Crippen LogP contribution is -2.49. The molecule has 0 saturated heterocycles. The minimum absolute atomic E-state index is 0. The van der Waals surface area contributed by atoms with Gasteiger partial charge in [-0.15, -0.1) is 0 Å². The maximum Gasteiger partial charge on any atom is 0.240 e. The molecule has 0 heterocycles. The van der Waals surface area contributed by atoms with Gasteiger partial charge in [-0.1, -0.05) is 90.0 Å². The second kappa shape index (κ2) is 52.1. The van der Waals surface area contributed by atoms with Crippen LogP contribution >= 0.6 is 94.5 Å². The number of primary amides is 3. The van der Waals surface area contributed by atoms with Crippen LogP contribution in [0.25, 0.3) is 0 Å². The van der Waals surface area contributed by atoms with Gasteiger partial charge in [-0.05, 0) is 84.0 Å². The van der Waals surface area contributed by atoms with Crippen molar-refractivity contribution in [3.05, 3.63) is 0 Å². The van der Waals surface area contributed by atoms with E-state index in [0.29, 0.717) is 83.8 Å². The fraction of sp³-hybridized carbons (Fsp3) is 0.788. The highest BCUT2D eigenvalue weighted by Crippen LogP contribution is 2.16. The van der Waals surface area contributed by atoms with Crippen molar-refractivity contribution < 1.29 is 52.7 Å². The third-order valence-corrected chi connectivity index (χ3v) is 11.2. The first-order valence-electron chi connectivity index (χ1n) is 26.3. The Morgan fingerprint density at radius 3 is 0.915 bits per heavy atom. The largest absolute Gasteiger partial charge is 0.368 e. The van der Waals surface area contributed by atoms with Crippen molar-refractivity contribution in [2.75, 3.05) is 19.6 Å². The molecule has 0 aliphatic rings. The quantitative estimate of drug-likeness (QED) is 0.0442. The summed E-state index contributed by atoms with van der Waals surface area (Å²) in [6.07, 6.45) is 5.95. The molecule has 17 N–H and O–H groups in total. The van der Waals surface area contributed by atoms with Crippen molar-refractivity contribution in [2.45, 2.75) is 217 Å². The average Bonchev–Trinajstić information content (AvgIpc) is 3.28. The Morgan fingerprint density at radius 2 is 0.671 bits per heavy atom. The number of carbonyl (C=O) groups is 11. The van der Waals surface area contributed by atoms with Gasteiger partial charge in [-0.25, -0.2) is 0 Å². The van der Waals surface area contributed by atoms with Gasteiger partial charge in [0.2, 0.25) is 59.1 Å². The Morgan fingerprint density at radius 1 is 0.402 bits per heavy atom. The van der Waals surface area contributed by atoms with Gasteiger partial charge in [0.1, 0.15) is 18.1 Å². The number of amides is 10. The highest BCUT2D eigenvalue weighted by atomic mass is 32.1. The van der Waals surface area contributed by atoms with Crippen molar-refractivity contribution in [3.8, 4) is 0 Å². The zero-order chi connectivity index (χ0) is 59.0. The van der Waals surface area contributed by atoms with Crippen LogP contribution in [0.4, 0.5) is 0 Å². The summed E-state index contributed by atoms with van der Waals surface area (Å²) in [6, 6.07) is -4.38. The summed E-state index contributed by atoms with van der Waals surface area (Å²) in [7, 11) is 0. The van der Waals surface area contributed by atoms with Crippen LogP contribution in [0.3, 0.4) is 0 Å². The Kier molecular flexibility index (Phi) is 64.0. The summed E-state index contributed by atoms with van der Waals surface area (Å²) < 4.78 is 0. The predicted molar refractivity (Wildman–Crippen MR) is 363 cm³/mol. The first-order valence-corrected chi connectivity index (χ1v) is 26.3. The molecule has 10 amide bonds. The van der Waals surface area contributed by atoms with Crippen LogP contribution in [-0.2, 0) is 52.7 Å². The van der Waals surface area contributed by atoms with Crippen LogP contribution in [-0.4, -0.2) is 121 Å². The lowest BCUT2D eigenvalue weighted by atomic mass is 9.93. The van der Waals surface area contributed by atoms with E-state index in [1.807, 2.05) is 76.2 Å². The molecule has 490 valence electrons. The van der Waals surface area contributed by atoms with Gasteiger partial charge in [0.05, 0.1) is 18.1 Å². The number of rotatable bonds is 31. The topological polar surface area (TPSA) is 402 Å². The maximum atomic E-state index is 12.8. The number of carbonyl (C=O) groups excluding carboxylic acids is 11. The summed E-state index contributed by atoms with van der Waals surface area (Å²) in [5.41, 5.74) is 25.6. The van der Waals surface area contributed by atoms with Crippen LogP contribution in [0.2, 0.25) is 0 Å². The molecule has 0 spiro atoms. The molecule has 0 unspecified atom stereocenters. The van der Waals surface area contributed by atoms with Crippen molar-refractivity contribution in [2.24, 2.45) is 56.7 Å². The minimum Gasteiger partial charge on any atom is -0.368 e. The van der Waals surface area contributed by atoms with E-state index in [2.05, 4.69) is 37.2 Å². The molecule has 0 aliphatic heterocycles. The fourth-order valence-corrected chi connectivity index (χ4v) is 6.17. The molecule has 0 saturated carbocycles. The number of unbranched alkanes of at least 4 members (excludes halogenated alkanes) is 3. The Balaban J connectivity index is -0.000000119. The first kappa shape index (κ1) is 101. The summed E-state index contributed by atoms with van der Waals surface area (Å²) in [6.45, 7) is 28.3. The van der Waals surface area contributed by atoms with E-state index in [1.165, 1.54) is 13.8 Å². The molecule has 0 aromatic carbocycles. The van der Waals surface area contributed by atoms with Gasteiger partial charge in [-0.3, -0.25) is 52.7 Å². The molecule has 7 atom stereocenters. The van der Waals surface area contributed by atoms with E-state index < -0.39 is 93.9 Å². The molecule has 0 aromatic heterocycles. The molecule has 0 rings (SSSR count). The van der Waals surface area contributed by atoms with E-state index in [0.717, 1.165) is 6.42 Å². The Bertz CT molecular complexity index is 1870. The molecule has 30 heteroatoms. The minimum atomic E-state index is -0.868. The predicted octanol–water partition coefficient (Wildman–Crippen LogP) is 1.89. The van der Waals surface area contributed by atoms with E-state index in [-0.39, 0.29) is 136 Å². The zero-order valence-electron chi connectivity index (χ0n) is 51.6. The van der Waals surface area contributed by atoms with Gasteiger partial charge in [0.25, 0.3) is 0 Å². The molecule has 0 bridgehead atoms. The first-order chi connectivity index (χ1) is 34.3. The lowest BCUT2D eigenvalue weighted by molar-refractivity contribution is -0.133. The summed E-state index contributed by atoms with van der Waals surface area (Å²) in [4.78, 5) is 129. The average molecular weight is 1310 g/mol. The van der Waals surface area contributed by atoms with Crippen molar-refractivity contribution in [1.29, 1.82) is 0 Å². The van der Waals surface area contributed by atoms with Gasteiger partial charge in [-0.2, -0.15) is 94.5 Å². The SMILES string of the molecule is CC(C)C[C@H](NC(=O)[C@H](C)N)C(=O)C[C@@H](C)C(=O)N[C@@H](CCCCNC(=O)C(C)(C)C)C(N)=O.CCC(=O)N[C@@H](CCCCNC(=O)C(C)(C)C)C(N)=O.C[C@H](N)C(=O)N[C@@H](CCCCNC(=O)C(C)(C)C)C(N)=O.S.S.S.S.S.S.S. The second-order valence-corrected chi connectivity index (χ2v) is 22.6. The normalized spacial score (nSPS) is 13.0. The Labute approximate surface area is 539 Å². The van der Waals surface area contributed by atoms with Gasteiger partial charge in [0, 0.05) is 54.6 Å². The summed E-state index contributed by atoms with van der Waals surface area (Å²) in [5.74, 6) is -4.13. The standard InChI is InChI=1S/C24H45N5O5.C14H28N4O3.C14H27N3O3.7H2S/c1-14(2)12-18(29-22(33)16(4)25)19(30)13-15(3)21(32)28-17(20(26)31)10-8-9-11-27-23(34)24(5,6)7;1-9(15)12(20)18-10(11(16)19)7-5-6-8-17-13(21)14(2,3)4;1-5-11(18)17-10(12(15)19)8-6-7-9-16-13(20)14(2,3)4;;;;;;;/h14-18H,8-13,25H2,1-7H3,(H2,26,31)(H,27,34)(H,28,32)(H,29,33);9-10H,5-8,15H2,1-4H3,(H2,16,19)(H,17,21)(H,18,20);10H,5-9H2,1-4H3,(H2,15,19)(H,16,20)(H,17,18);7*1H2/t15-,16+,17+,18+;9-,10-;10-;;;;;;;/m100......./s1. The number of ketones is 1.